The highest BCUT2D eigenvalue weighted by Crippen LogP contribution is 2.37. The summed E-state index contributed by atoms with van der Waals surface area (Å²) in [5.74, 6) is 1.92. The zero-order chi connectivity index (χ0) is 35.8. The molecule has 0 radical (unpaired) electrons. The molecule has 0 saturated carbocycles. The number of benzene rings is 9. The Morgan fingerprint density at radius 3 is 1.06 bits per heavy atom. The van der Waals surface area contributed by atoms with E-state index < -0.39 is 0 Å². The molecule has 0 aliphatic rings. The maximum atomic E-state index is 5.07. The van der Waals surface area contributed by atoms with Gasteiger partial charge in [-0.15, -0.1) is 0 Å². The standard InChI is InChI=1S/C51H33N3/c1-3-12-34(13-4-1)35-22-24-36(25-23-35)40-16-11-17-42(32-40)51-53-49(38-14-5-2-6-15-38)52-50(54-51)39-28-26-37(27-29-39)41-30-31-47-45-20-8-7-18-43(45)44-19-9-10-21-46(44)48(47)33-41/h1-33H. The molecule has 0 aliphatic heterocycles. The highest BCUT2D eigenvalue weighted by atomic mass is 15.0. The molecule has 3 nitrogen and oxygen atoms in total. The molecule has 0 fully saturated rings. The van der Waals surface area contributed by atoms with Crippen LogP contribution in [0.15, 0.2) is 200 Å². The minimum atomic E-state index is 0.638. The lowest BCUT2D eigenvalue weighted by molar-refractivity contribution is 1.07. The van der Waals surface area contributed by atoms with E-state index in [1.165, 1.54) is 49.0 Å². The van der Waals surface area contributed by atoms with E-state index in [1.807, 2.05) is 36.4 Å². The first-order chi connectivity index (χ1) is 26.7. The van der Waals surface area contributed by atoms with Crippen molar-refractivity contribution in [2.45, 2.75) is 0 Å². The number of aromatic nitrogens is 3. The molecule has 252 valence electrons. The monoisotopic (exact) mass is 687 g/mol. The summed E-state index contributed by atoms with van der Waals surface area (Å²) in [6.07, 6.45) is 0. The first kappa shape index (κ1) is 31.5. The van der Waals surface area contributed by atoms with Crippen LogP contribution in [-0.4, -0.2) is 15.0 Å². The van der Waals surface area contributed by atoms with Crippen LogP contribution in [0.4, 0.5) is 0 Å². The smallest absolute Gasteiger partial charge is 0.164 e. The summed E-state index contributed by atoms with van der Waals surface area (Å²) >= 11 is 0. The first-order valence-electron chi connectivity index (χ1n) is 18.3. The Bertz CT molecular complexity index is 2920. The van der Waals surface area contributed by atoms with Crippen molar-refractivity contribution in [3.05, 3.63) is 200 Å². The van der Waals surface area contributed by atoms with E-state index >= 15 is 0 Å². The Balaban J connectivity index is 1.02. The molecular formula is C51H33N3. The van der Waals surface area contributed by atoms with Crippen molar-refractivity contribution in [1.29, 1.82) is 0 Å². The maximum absolute atomic E-state index is 5.07. The van der Waals surface area contributed by atoms with Gasteiger partial charge in [-0.2, -0.15) is 0 Å². The Hall–Kier alpha value is -7.23. The number of fused-ring (bicyclic) bond motifs is 6. The Kier molecular flexibility index (Phi) is 7.81. The molecule has 0 unspecified atom stereocenters. The molecule has 1 heterocycles. The van der Waals surface area contributed by atoms with Gasteiger partial charge in [0.2, 0.25) is 0 Å². The average Bonchev–Trinajstić information content (AvgIpc) is 3.27. The van der Waals surface area contributed by atoms with Crippen LogP contribution in [-0.2, 0) is 0 Å². The zero-order valence-electron chi connectivity index (χ0n) is 29.4. The Labute approximate surface area is 313 Å². The van der Waals surface area contributed by atoms with Crippen molar-refractivity contribution in [3.8, 4) is 67.5 Å². The summed E-state index contributed by atoms with van der Waals surface area (Å²) in [7, 11) is 0. The fourth-order valence-corrected chi connectivity index (χ4v) is 7.57. The van der Waals surface area contributed by atoms with Gasteiger partial charge in [0.25, 0.3) is 0 Å². The second-order valence-electron chi connectivity index (χ2n) is 13.6. The van der Waals surface area contributed by atoms with E-state index in [1.54, 1.807) is 0 Å². The van der Waals surface area contributed by atoms with Crippen LogP contribution in [0.25, 0.3) is 99.9 Å². The van der Waals surface area contributed by atoms with Gasteiger partial charge in [-0.25, -0.2) is 15.0 Å². The van der Waals surface area contributed by atoms with Gasteiger partial charge in [-0.3, -0.25) is 0 Å². The SMILES string of the molecule is c1ccc(-c2ccc(-c3cccc(-c4nc(-c5ccccc5)nc(-c5ccc(-c6ccc7c8ccccc8c8ccccc8c7c6)cc5)n4)c3)cc2)cc1. The number of hydrogen-bond donors (Lipinski definition) is 0. The van der Waals surface area contributed by atoms with E-state index in [9.17, 15) is 0 Å². The Morgan fingerprint density at radius 2 is 0.500 bits per heavy atom. The molecule has 0 saturated heterocycles. The van der Waals surface area contributed by atoms with Crippen LogP contribution in [0.1, 0.15) is 0 Å². The van der Waals surface area contributed by atoms with Crippen molar-refractivity contribution < 1.29 is 0 Å². The topological polar surface area (TPSA) is 38.7 Å². The minimum absolute atomic E-state index is 0.638. The van der Waals surface area contributed by atoms with Crippen LogP contribution in [0.3, 0.4) is 0 Å². The van der Waals surface area contributed by atoms with Crippen LogP contribution >= 0.6 is 0 Å². The van der Waals surface area contributed by atoms with E-state index in [0.717, 1.165) is 33.4 Å². The summed E-state index contributed by atoms with van der Waals surface area (Å²) in [5, 5.41) is 7.63. The van der Waals surface area contributed by atoms with Crippen molar-refractivity contribution in [1.82, 2.24) is 15.0 Å². The summed E-state index contributed by atoms with van der Waals surface area (Å²) in [6.45, 7) is 0. The first-order valence-corrected chi connectivity index (χ1v) is 18.3. The summed E-state index contributed by atoms with van der Waals surface area (Å²) in [4.78, 5) is 15.1. The molecule has 10 aromatic rings. The highest BCUT2D eigenvalue weighted by molar-refractivity contribution is 6.25. The molecular weight excluding hydrogens is 655 g/mol. The van der Waals surface area contributed by atoms with Crippen molar-refractivity contribution in [2.75, 3.05) is 0 Å². The van der Waals surface area contributed by atoms with Crippen molar-refractivity contribution >= 4 is 32.3 Å². The van der Waals surface area contributed by atoms with Gasteiger partial charge in [-0.05, 0) is 77.8 Å². The third kappa shape index (κ3) is 5.78. The van der Waals surface area contributed by atoms with Crippen LogP contribution in [0, 0.1) is 0 Å². The molecule has 54 heavy (non-hydrogen) atoms. The summed E-state index contributed by atoms with van der Waals surface area (Å²) in [6, 6.07) is 70.6. The van der Waals surface area contributed by atoms with E-state index in [-0.39, 0.29) is 0 Å². The lowest BCUT2D eigenvalue weighted by Gasteiger charge is -2.12. The normalized spacial score (nSPS) is 11.3. The molecule has 0 bridgehead atoms. The lowest BCUT2D eigenvalue weighted by atomic mass is 9.92. The highest BCUT2D eigenvalue weighted by Gasteiger charge is 2.14. The van der Waals surface area contributed by atoms with Crippen LogP contribution < -0.4 is 0 Å². The fraction of sp³-hybridized carbons (Fsp3) is 0. The quantitative estimate of drug-likeness (QED) is 0.163. The fourth-order valence-electron chi connectivity index (χ4n) is 7.57. The molecule has 1 aromatic heterocycles. The van der Waals surface area contributed by atoms with Gasteiger partial charge in [-0.1, -0.05) is 188 Å². The lowest BCUT2D eigenvalue weighted by Crippen LogP contribution is -2.00. The largest absolute Gasteiger partial charge is 0.208 e. The Morgan fingerprint density at radius 1 is 0.185 bits per heavy atom. The number of nitrogens with zero attached hydrogens (tertiary/aromatic N) is 3. The summed E-state index contributed by atoms with van der Waals surface area (Å²) < 4.78 is 0. The second kappa shape index (κ2) is 13.4. The van der Waals surface area contributed by atoms with Crippen LogP contribution in [0.5, 0.6) is 0 Å². The minimum Gasteiger partial charge on any atom is -0.208 e. The third-order valence-electron chi connectivity index (χ3n) is 10.3. The predicted octanol–water partition coefficient (Wildman–Crippen LogP) is 13.3. The van der Waals surface area contributed by atoms with Crippen LogP contribution in [0.2, 0.25) is 0 Å². The number of hydrogen-bond acceptors (Lipinski definition) is 3. The third-order valence-corrected chi connectivity index (χ3v) is 10.3. The molecule has 0 amide bonds. The van der Waals surface area contributed by atoms with Gasteiger partial charge in [0.1, 0.15) is 0 Å². The van der Waals surface area contributed by atoms with Crippen molar-refractivity contribution in [3.63, 3.8) is 0 Å². The zero-order valence-corrected chi connectivity index (χ0v) is 29.4. The maximum Gasteiger partial charge on any atom is 0.164 e. The van der Waals surface area contributed by atoms with E-state index in [0.29, 0.717) is 17.5 Å². The summed E-state index contributed by atoms with van der Waals surface area (Å²) in [5.41, 5.74) is 9.77. The average molecular weight is 688 g/mol. The van der Waals surface area contributed by atoms with Gasteiger partial charge >= 0.3 is 0 Å². The molecule has 0 spiro atoms. The molecule has 3 heteroatoms. The van der Waals surface area contributed by atoms with Crippen molar-refractivity contribution in [2.24, 2.45) is 0 Å². The number of rotatable bonds is 6. The van der Waals surface area contributed by atoms with Gasteiger partial charge in [0.15, 0.2) is 17.5 Å². The molecule has 0 atom stereocenters. The second-order valence-corrected chi connectivity index (χ2v) is 13.6. The molecule has 9 aromatic carbocycles. The van der Waals surface area contributed by atoms with Gasteiger partial charge in [0.05, 0.1) is 0 Å². The van der Waals surface area contributed by atoms with Gasteiger partial charge < -0.3 is 0 Å². The van der Waals surface area contributed by atoms with E-state index in [2.05, 4.69) is 164 Å². The predicted molar refractivity (Wildman–Crippen MR) is 225 cm³/mol. The molecule has 10 rings (SSSR count). The van der Waals surface area contributed by atoms with Gasteiger partial charge in [0, 0.05) is 16.7 Å². The molecule has 0 aliphatic carbocycles. The van der Waals surface area contributed by atoms with E-state index in [4.69, 9.17) is 15.0 Å². The molecule has 0 N–H and O–H groups in total.